The van der Waals surface area contributed by atoms with Crippen LogP contribution in [0.25, 0.3) is 21.8 Å². The second-order valence-electron chi connectivity index (χ2n) is 10.2. The Balaban J connectivity index is 1.53. The zero-order valence-corrected chi connectivity index (χ0v) is 26.9. The number of carbonyl (C=O) groups is 2. The molecule has 1 heterocycles. The van der Waals surface area contributed by atoms with Crippen molar-refractivity contribution in [1.29, 1.82) is 0 Å². The number of ketones is 2. The topological polar surface area (TPSA) is 94.8 Å². The quantitative estimate of drug-likeness (QED) is 0.0454. The van der Waals surface area contributed by atoms with Gasteiger partial charge in [-0.3, -0.25) is 13.9 Å². The van der Waals surface area contributed by atoms with Gasteiger partial charge >= 0.3 is 15.6 Å². The first kappa shape index (κ1) is 33.2. The molecule has 0 unspecified atom stereocenters. The van der Waals surface area contributed by atoms with Gasteiger partial charge in [0.05, 0.1) is 0 Å². The van der Waals surface area contributed by atoms with E-state index in [2.05, 4.69) is 9.44 Å². The summed E-state index contributed by atoms with van der Waals surface area (Å²) in [5.74, 6) is -0.801. The Labute approximate surface area is 272 Å². The number of aromatic nitrogens is 1. The van der Waals surface area contributed by atoms with Gasteiger partial charge in [0.2, 0.25) is 5.78 Å². The summed E-state index contributed by atoms with van der Waals surface area (Å²) in [6.45, 7) is 4.38. The molecule has 0 saturated heterocycles. The summed E-state index contributed by atoms with van der Waals surface area (Å²) in [6, 6.07) is 24.1. The van der Waals surface area contributed by atoms with Gasteiger partial charge in [0.25, 0.3) is 0 Å². The normalized spacial score (nSPS) is 12.5. The third-order valence-electron chi connectivity index (χ3n) is 7.31. The summed E-state index contributed by atoms with van der Waals surface area (Å²) in [4.78, 5) is 27.8. The van der Waals surface area contributed by atoms with E-state index < -0.39 is 27.1 Å². The molecule has 0 aliphatic rings. The maximum Gasteiger partial charge on any atom is 0.536 e. The van der Waals surface area contributed by atoms with Crippen molar-refractivity contribution >= 4 is 72.6 Å². The SMILES string of the molecule is CCn1c2ccc(C(=O)C(CCSc3ccc(Cl)cc3)=NOS(=O)(=O)C(F)(F)F)cc2c2cc(C(=O)c3ccccc3C)ccc21. The molecule has 4 aromatic carbocycles. The fraction of sp³-hybridized carbons (Fsp3) is 0.182. The van der Waals surface area contributed by atoms with Gasteiger partial charge < -0.3 is 4.57 Å². The summed E-state index contributed by atoms with van der Waals surface area (Å²) in [5, 5.41) is 5.03. The van der Waals surface area contributed by atoms with Crippen LogP contribution in [0, 0.1) is 6.92 Å². The molecule has 7 nitrogen and oxygen atoms in total. The van der Waals surface area contributed by atoms with E-state index in [1.54, 1.807) is 60.7 Å². The van der Waals surface area contributed by atoms with E-state index in [1.807, 2.05) is 36.6 Å². The Morgan fingerprint density at radius 2 is 1.52 bits per heavy atom. The average molecular weight is 687 g/mol. The fourth-order valence-corrected chi connectivity index (χ4v) is 6.27. The number of halogens is 4. The lowest BCUT2D eigenvalue weighted by Crippen LogP contribution is -2.25. The number of hydrogen-bond donors (Lipinski definition) is 0. The Morgan fingerprint density at radius 3 is 2.13 bits per heavy atom. The lowest BCUT2D eigenvalue weighted by molar-refractivity contribution is -0.0541. The Bertz CT molecular complexity index is 2110. The Morgan fingerprint density at radius 1 is 0.913 bits per heavy atom. The molecule has 0 bridgehead atoms. The van der Waals surface area contributed by atoms with E-state index in [0.717, 1.165) is 21.5 Å². The van der Waals surface area contributed by atoms with Crippen molar-refractivity contribution in [1.82, 2.24) is 4.57 Å². The standard InChI is InChI=1S/C33H26ClF3N2O5S2/c1-3-39-29-14-8-21(31(40)25-7-5-4-6-20(25)2)18-26(29)27-19-22(9-15-30(27)39)32(41)28(38-44-46(42,43)33(35,36)37)16-17-45-24-12-10-23(34)11-13-24/h4-15,18-19H,3,16-17H2,1-2H3. The van der Waals surface area contributed by atoms with E-state index in [0.29, 0.717) is 33.5 Å². The number of oxime groups is 1. The minimum atomic E-state index is -6.09. The molecule has 5 rings (SSSR count). The zero-order chi connectivity index (χ0) is 33.2. The number of rotatable bonds is 11. The second-order valence-corrected chi connectivity index (χ2v) is 13.4. The lowest BCUT2D eigenvalue weighted by Gasteiger charge is -2.09. The third-order valence-corrected chi connectivity index (χ3v) is 9.41. The van der Waals surface area contributed by atoms with E-state index in [1.165, 1.54) is 17.8 Å². The highest BCUT2D eigenvalue weighted by Gasteiger charge is 2.49. The molecule has 0 N–H and O–H groups in total. The van der Waals surface area contributed by atoms with Crippen LogP contribution in [-0.4, -0.2) is 41.5 Å². The number of fused-ring (bicyclic) bond motifs is 3. The van der Waals surface area contributed by atoms with Crippen LogP contribution in [-0.2, 0) is 20.9 Å². The maximum atomic E-state index is 13.7. The van der Waals surface area contributed by atoms with Crippen molar-refractivity contribution in [3.05, 3.63) is 112 Å². The molecule has 5 aromatic rings. The van der Waals surface area contributed by atoms with Crippen molar-refractivity contribution in [2.24, 2.45) is 5.16 Å². The first-order valence-corrected chi connectivity index (χ1v) is 16.7. The molecular formula is C33H26ClF3N2O5S2. The summed E-state index contributed by atoms with van der Waals surface area (Å²) >= 11 is 7.19. The van der Waals surface area contributed by atoms with Crippen molar-refractivity contribution in [2.75, 3.05) is 5.75 Å². The highest BCUT2D eigenvalue weighted by atomic mass is 35.5. The number of alkyl halides is 3. The number of hydrogen-bond acceptors (Lipinski definition) is 7. The molecule has 0 aliphatic heterocycles. The van der Waals surface area contributed by atoms with E-state index in [-0.39, 0.29) is 23.5 Å². The van der Waals surface area contributed by atoms with Gasteiger partial charge in [-0.2, -0.15) is 21.6 Å². The summed E-state index contributed by atoms with van der Waals surface area (Å²) in [5.41, 5.74) is -2.77. The lowest BCUT2D eigenvalue weighted by atomic mass is 9.97. The predicted molar refractivity (Wildman–Crippen MR) is 174 cm³/mol. The molecule has 0 amide bonds. The van der Waals surface area contributed by atoms with Crippen molar-refractivity contribution in [3.63, 3.8) is 0 Å². The highest BCUT2D eigenvalue weighted by Crippen LogP contribution is 2.32. The van der Waals surface area contributed by atoms with Crippen molar-refractivity contribution in [2.45, 2.75) is 37.2 Å². The molecule has 0 spiro atoms. The van der Waals surface area contributed by atoms with Crippen LogP contribution in [0.5, 0.6) is 0 Å². The third kappa shape index (κ3) is 6.84. The Kier molecular flexibility index (Phi) is 9.62. The fourth-order valence-electron chi connectivity index (χ4n) is 5.01. The van der Waals surface area contributed by atoms with Crippen LogP contribution in [0.1, 0.15) is 45.2 Å². The summed E-state index contributed by atoms with van der Waals surface area (Å²) < 4.78 is 68.1. The molecule has 0 saturated carbocycles. The van der Waals surface area contributed by atoms with Gasteiger partial charge in [0, 0.05) is 67.1 Å². The van der Waals surface area contributed by atoms with E-state index in [4.69, 9.17) is 11.6 Å². The zero-order valence-electron chi connectivity index (χ0n) is 24.5. The molecule has 0 aliphatic carbocycles. The first-order valence-electron chi connectivity index (χ1n) is 14.0. The van der Waals surface area contributed by atoms with Gasteiger partial charge in [-0.1, -0.05) is 41.0 Å². The van der Waals surface area contributed by atoms with Gasteiger partial charge in [0.15, 0.2) is 5.78 Å². The first-order chi connectivity index (χ1) is 21.8. The minimum Gasteiger partial charge on any atom is -0.341 e. The molecular weight excluding hydrogens is 661 g/mol. The number of carbonyl (C=O) groups excluding carboxylic acids is 2. The summed E-state index contributed by atoms with van der Waals surface area (Å²) in [6.07, 6.45) is -0.205. The van der Waals surface area contributed by atoms with Gasteiger partial charge in [-0.25, -0.2) is 0 Å². The van der Waals surface area contributed by atoms with Crippen LogP contribution in [0.2, 0.25) is 5.02 Å². The number of Topliss-reactive ketones (excluding diaryl/α,β-unsaturated/α-hetero) is 1. The largest absolute Gasteiger partial charge is 0.536 e. The molecule has 46 heavy (non-hydrogen) atoms. The number of thioether (sulfide) groups is 1. The van der Waals surface area contributed by atoms with Crippen LogP contribution in [0.15, 0.2) is 95.0 Å². The predicted octanol–water partition coefficient (Wildman–Crippen LogP) is 8.59. The smallest absolute Gasteiger partial charge is 0.341 e. The van der Waals surface area contributed by atoms with E-state index in [9.17, 15) is 31.2 Å². The minimum absolute atomic E-state index is 0.0570. The van der Waals surface area contributed by atoms with E-state index >= 15 is 0 Å². The average Bonchev–Trinajstić information content (AvgIpc) is 3.34. The van der Waals surface area contributed by atoms with Crippen LogP contribution >= 0.6 is 23.4 Å². The van der Waals surface area contributed by atoms with Crippen LogP contribution in [0.4, 0.5) is 13.2 Å². The maximum absolute atomic E-state index is 13.7. The Hall–Kier alpha value is -4.13. The van der Waals surface area contributed by atoms with Gasteiger partial charge in [-0.05, 0) is 80.1 Å². The summed E-state index contributed by atoms with van der Waals surface area (Å²) in [7, 11) is -6.09. The molecule has 0 fully saturated rings. The highest BCUT2D eigenvalue weighted by molar-refractivity contribution is 7.99. The van der Waals surface area contributed by atoms with Gasteiger partial charge in [-0.15, -0.1) is 11.8 Å². The molecule has 0 atom stereocenters. The van der Waals surface area contributed by atoms with Crippen molar-refractivity contribution < 1.29 is 35.5 Å². The second kappa shape index (κ2) is 13.3. The molecule has 13 heteroatoms. The van der Waals surface area contributed by atoms with Gasteiger partial charge in [0.1, 0.15) is 5.71 Å². The van der Waals surface area contributed by atoms with Crippen LogP contribution in [0.3, 0.4) is 0 Å². The number of benzene rings is 4. The molecule has 238 valence electrons. The van der Waals surface area contributed by atoms with Crippen LogP contribution < -0.4 is 0 Å². The monoisotopic (exact) mass is 686 g/mol. The van der Waals surface area contributed by atoms with Crippen molar-refractivity contribution in [3.8, 4) is 0 Å². The number of nitrogens with zero attached hydrogens (tertiary/aromatic N) is 2. The molecule has 0 radical (unpaired) electrons. The molecule has 1 aromatic heterocycles. The number of aryl methyl sites for hydroxylation is 2.